The molecule has 2 aromatic rings. The van der Waals surface area contributed by atoms with Gasteiger partial charge in [0, 0.05) is 23.5 Å². The van der Waals surface area contributed by atoms with Crippen LogP contribution in [-0.4, -0.2) is 69.7 Å². The van der Waals surface area contributed by atoms with Crippen molar-refractivity contribution in [2.75, 3.05) is 6.61 Å². The Morgan fingerprint density at radius 1 is 1.00 bits per heavy atom. The fourth-order valence-corrected chi connectivity index (χ4v) is 3.26. The van der Waals surface area contributed by atoms with Crippen molar-refractivity contribution in [1.82, 2.24) is 20.9 Å². The van der Waals surface area contributed by atoms with Gasteiger partial charge in [-0.05, 0) is 24.5 Å². The second kappa shape index (κ2) is 11.4. The minimum atomic E-state index is -1.19. The Bertz CT molecular complexity index is 1000. The molecule has 3 amide bonds. The van der Waals surface area contributed by atoms with Crippen molar-refractivity contribution < 1.29 is 29.4 Å². The molecule has 2 rings (SSSR count). The van der Waals surface area contributed by atoms with Crippen LogP contribution in [0.15, 0.2) is 30.5 Å². The first-order valence-corrected chi connectivity index (χ1v) is 10.6. The molecule has 0 saturated heterocycles. The molecular weight excluding hydrogens is 430 g/mol. The number of aromatic amines is 1. The van der Waals surface area contributed by atoms with Gasteiger partial charge in [-0.1, -0.05) is 32.0 Å². The van der Waals surface area contributed by atoms with Crippen LogP contribution >= 0.6 is 0 Å². The van der Waals surface area contributed by atoms with E-state index < -0.39 is 54.5 Å². The normalized spacial score (nSPS) is 14.8. The summed E-state index contributed by atoms with van der Waals surface area (Å²) in [4.78, 5) is 52.3. The number of nitrogens with one attached hydrogen (secondary N) is 4. The van der Waals surface area contributed by atoms with E-state index in [1.54, 1.807) is 20.0 Å². The molecule has 4 unspecified atom stereocenters. The van der Waals surface area contributed by atoms with Gasteiger partial charge < -0.3 is 36.9 Å². The lowest BCUT2D eigenvalue weighted by atomic mass is 10.0. The van der Waals surface area contributed by atoms with E-state index in [-0.39, 0.29) is 12.3 Å². The molecule has 0 fully saturated rings. The number of hydrogen-bond donors (Lipinski definition) is 7. The maximum Gasteiger partial charge on any atom is 0.326 e. The lowest BCUT2D eigenvalue weighted by Crippen LogP contribution is -2.57. The van der Waals surface area contributed by atoms with Gasteiger partial charge in [0.25, 0.3) is 0 Å². The number of H-pyrrole nitrogens is 1. The molecule has 8 N–H and O–H groups in total. The van der Waals surface area contributed by atoms with Crippen molar-refractivity contribution >= 4 is 34.6 Å². The second-order valence-corrected chi connectivity index (χ2v) is 8.21. The number of aliphatic hydroxyl groups is 1. The van der Waals surface area contributed by atoms with Crippen LogP contribution in [-0.2, 0) is 25.6 Å². The SMILES string of the molecule is CC(NC(=O)C(N)CO)C(=O)NC(Cc1c[nH]c2ccccc12)C(=O)NC(C(=O)O)C(C)C. The fraction of sp³-hybridized carbons (Fsp3) is 0.455. The predicted molar refractivity (Wildman–Crippen MR) is 121 cm³/mol. The first kappa shape index (κ1) is 25.8. The van der Waals surface area contributed by atoms with Crippen LogP contribution in [0.2, 0.25) is 0 Å². The average molecular weight is 462 g/mol. The zero-order valence-corrected chi connectivity index (χ0v) is 18.8. The van der Waals surface area contributed by atoms with E-state index >= 15 is 0 Å². The number of para-hydroxylation sites is 1. The molecule has 0 radical (unpaired) electrons. The standard InChI is InChI=1S/C22H31N5O6/c1-11(2)18(22(32)33)27-21(31)17(8-13-9-24-16-7-5-4-6-14(13)16)26-19(29)12(3)25-20(30)15(23)10-28/h4-7,9,11-12,15,17-18,24,28H,8,10,23H2,1-3H3,(H,25,30)(H,26,29)(H,27,31)(H,32,33). The summed E-state index contributed by atoms with van der Waals surface area (Å²) in [5.74, 6) is -3.61. The number of aromatic nitrogens is 1. The minimum Gasteiger partial charge on any atom is -0.480 e. The monoisotopic (exact) mass is 461 g/mol. The number of carboxylic acid groups (broad SMARTS) is 1. The Morgan fingerprint density at radius 2 is 1.67 bits per heavy atom. The Kier molecular flexibility index (Phi) is 8.94. The summed E-state index contributed by atoms with van der Waals surface area (Å²) in [7, 11) is 0. The molecule has 0 aliphatic carbocycles. The van der Waals surface area contributed by atoms with E-state index in [9.17, 15) is 24.3 Å². The number of carbonyl (C=O) groups is 4. The number of aliphatic carboxylic acids is 1. The lowest BCUT2D eigenvalue weighted by Gasteiger charge is -2.25. The summed E-state index contributed by atoms with van der Waals surface area (Å²) < 4.78 is 0. The molecule has 33 heavy (non-hydrogen) atoms. The van der Waals surface area contributed by atoms with Crippen molar-refractivity contribution in [2.45, 2.75) is 51.4 Å². The van der Waals surface area contributed by atoms with Gasteiger partial charge in [0.1, 0.15) is 24.2 Å². The van der Waals surface area contributed by atoms with Crippen LogP contribution in [0.25, 0.3) is 10.9 Å². The number of rotatable bonds is 11. The molecule has 0 saturated carbocycles. The Balaban J connectivity index is 2.24. The summed E-state index contributed by atoms with van der Waals surface area (Å²) in [6.45, 7) is 4.15. The van der Waals surface area contributed by atoms with Gasteiger partial charge in [0.2, 0.25) is 17.7 Å². The van der Waals surface area contributed by atoms with Crippen molar-refractivity contribution in [2.24, 2.45) is 11.7 Å². The van der Waals surface area contributed by atoms with Gasteiger partial charge in [-0.15, -0.1) is 0 Å². The highest BCUT2D eigenvalue weighted by molar-refractivity contribution is 5.94. The van der Waals surface area contributed by atoms with Crippen LogP contribution in [0, 0.1) is 5.92 Å². The zero-order valence-electron chi connectivity index (χ0n) is 18.8. The first-order valence-electron chi connectivity index (χ1n) is 10.6. The highest BCUT2D eigenvalue weighted by Crippen LogP contribution is 2.19. The van der Waals surface area contributed by atoms with Crippen molar-refractivity contribution in [3.63, 3.8) is 0 Å². The van der Waals surface area contributed by atoms with E-state index in [0.717, 1.165) is 16.5 Å². The van der Waals surface area contributed by atoms with Crippen LogP contribution in [0.4, 0.5) is 0 Å². The summed E-state index contributed by atoms with van der Waals surface area (Å²) in [6.07, 6.45) is 1.81. The first-order chi connectivity index (χ1) is 15.5. The fourth-order valence-electron chi connectivity index (χ4n) is 3.26. The summed E-state index contributed by atoms with van der Waals surface area (Å²) >= 11 is 0. The van der Waals surface area contributed by atoms with Gasteiger partial charge in [0.15, 0.2) is 0 Å². The third-order valence-corrected chi connectivity index (χ3v) is 5.25. The van der Waals surface area contributed by atoms with E-state index in [1.807, 2.05) is 24.3 Å². The highest BCUT2D eigenvalue weighted by Gasteiger charge is 2.30. The van der Waals surface area contributed by atoms with E-state index in [1.165, 1.54) is 6.92 Å². The molecule has 4 atom stereocenters. The number of carboxylic acids is 1. The van der Waals surface area contributed by atoms with Crippen LogP contribution in [0.5, 0.6) is 0 Å². The Morgan fingerprint density at radius 3 is 2.27 bits per heavy atom. The van der Waals surface area contributed by atoms with Crippen LogP contribution in [0.3, 0.4) is 0 Å². The Hall–Kier alpha value is -3.44. The molecule has 11 nitrogen and oxygen atoms in total. The number of nitrogens with two attached hydrogens (primary N) is 1. The highest BCUT2D eigenvalue weighted by atomic mass is 16.4. The van der Waals surface area contributed by atoms with Gasteiger partial charge in [0.05, 0.1) is 6.61 Å². The van der Waals surface area contributed by atoms with E-state index in [0.29, 0.717) is 0 Å². The molecular formula is C22H31N5O6. The predicted octanol–water partition coefficient (Wildman–Crippen LogP) is -0.755. The molecule has 1 aromatic heterocycles. The van der Waals surface area contributed by atoms with E-state index in [4.69, 9.17) is 10.8 Å². The maximum atomic E-state index is 13.0. The molecule has 0 bridgehead atoms. The molecule has 180 valence electrons. The van der Waals surface area contributed by atoms with Crippen molar-refractivity contribution in [3.8, 4) is 0 Å². The number of aliphatic hydroxyl groups excluding tert-OH is 1. The zero-order chi connectivity index (χ0) is 24.7. The number of carbonyl (C=O) groups excluding carboxylic acids is 3. The summed E-state index contributed by atoms with van der Waals surface area (Å²) in [5.41, 5.74) is 7.05. The quantitative estimate of drug-likeness (QED) is 0.229. The molecule has 0 aliphatic rings. The number of amides is 3. The lowest BCUT2D eigenvalue weighted by molar-refractivity contribution is -0.143. The Labute approximate surface area is 191 Å². The molecule has 11 heteroatoms. The van der Waals surface area contributed by atoms with Crippen molar-refractivity contribution in [1.29, 1.82) is 0 Å². The second-order valence-electron chi connectivity index (χ2n) is 8.21. The number of benzene rings is 1. The van der Waals surface area contributed by atoms with Crippen LogP contribution < -0.4 is 21.7 Å². The number of hydrogen-bond acceptors (Lipinski definition) is 6. The molecule has 1 aromatic carbocycles. The largest absolute Gasteiger partial charge is 0.480 e. The van der Waals surface area contributed by atoms with Crippen LogP contribution in [0.1, 0.15) is 26.3 Å². The molecule has 0 spiro atoms. The van der Waals surface area contributed by atoms with Gasteiger partial charge in [-0.25, -0.2) is 4.79 Å². The molecule has 0 aliphatic heterocycles. The maximum absolute atomic E-state index is 13.0. The third kappa shape index (κ3) is 6.77. The van der Waals surface area contributed by atoms with Gasteiger partial charge in [-0.3, -0.25) is 14.4 Å². The van der Waals surface area contributed by atoms with Crippen molar-refractivity contribution in [3.05, 3.63) is 36.0 Å². The third-order valence-electron chi connectivity index (χ3n) is 5.25. The van der Waals surface area contributed by atoms with E-state index in [2.05, 4.69) is 20.9 Å². The topological polar surface area (TPSA) is 187 Å². The number of fused-ring (bicyclic) bond motifs is 1. The van der Waals surface area contributed by atoms with Gasteiger partial charge >= 0.3 is 5.97 Å². The average Bonchev–Trinajstić information content (AvgIpc) is 3.18. The summed E-state index contributed by atoms with van der Waals surface area (Å²) in [6, 6.07) is 2.95. The minimum absolute atomic E-state index is 0.0862. The summed E-state index contributed by atoms with van der Waals surface area (Å²) in [5, 5.41) is 26.7. The smallest absolute Gasteiger partial charge is 0.326 e. The molecule has 1 heterocycles. The van der Waals surface area contributed by atoms with Gasteiger partial charge in [-0.2, -0.15) is 0 Å².